The fourth-order valence-electron chi connectivity index (χ4n) is 5.67. The fraction of sp³-hybridized carbons (Fsp3) is 0.421. The number of para-hydroxylation sites is 1. The molecule has 2 bridgehead atoms. The maximum Gasteiger partial charge on any atom is 0.148 e. The molecule has 2 unspecified atom stereocenters. The summed E-state index contributed by atoms with van der Waals surface area (Å²) in [6, 6.07) is 9.28. The van der Waals surface area contributed by atoms with Gasteiger partial charge in [-0.25, -0.2) is 0 Å². The van der Waals surface area contributed by atoms with Crippen molar-refractivity contribution in [2.24, 2.45) is 5.92 Å². The van der Waals surface area contributed by atoms with Crippen LogP contribution in [-0.4, -0.2) is 25.4 Å². The van der Waals surface area contributed by atoms with E-state index in [0.29, 0.717) is 12.0 Å². The molecule has 2 fully saturated rings. The molecule has 3 heterocycles. The Hall–Kier alpha value is -1.58. The van der Waals surface area contributed by atoms with Crippen LogP contribution in [0.15, 0.2) is 47.2 Å². The van der Waals surface area contributed by atoms with E-state index in [1.54, 1.807) is 4.90 Å². The third-order valence-electron chi connectivity index (χ3n) is 6.55. The maximum absolute atomic E-state index is 12.0. The third kappa shape index (κ3) is 1.62. The predicted molar refractivity (Wildman–Crippen MR) is 85.8 cm³/mol. The zero-order valence-corrected chi connectivity index (χ0v) is 14.0. The lowest BCUT2D eigenvalue weighted by atomic mass is 9.62. The molecule has 0 radical (unpaired) electrons. The van der Waals surface area contributed by atoms with Crippen molar-refractivity contribution in [3.8, 4) is 0 Å². The smallest absolute Gasteiger partial charge is 0.148 e. The van der Waals surface area contributed by atoms with E-state index >= 15 is 0 Å². The first-order valence-electron chi connectivity index (χ1n) is 8.35. The number of allylic oxidation sites excluding steroid dienone is 2. The van der Waals surface area contributed by atoms with E-state index < -0.39 is 0 Å². The van der Waals surface area contributed by atoms with Gasteiger partial charge < -0.3 is 22.6 Å². The monoisotopic (exact) mass is 328 g/mol. The molecule has 120 valence electrons. The zero-order valence-electron chi connectivity index (χ0n) is 13.2. The number of halogens is 1. The highest BCUT2D eigenvalue weighted by Gasteiger charge is 2.63. The number of fused-ring (bicyclic) bond motifs is 2. The van der Waals surface area contributed by atoms with Gasteiger partial charge in [0.2, 0.25) is 0 Å². The van der Waals surface area contributed by atoms with Crippen LogP contribution >= 0.6 is 0 Å². The van der Waals surface area contributed by atoms with Gasteiger partial charge in [0.1, 0.15) is 12.3 Å². The van der Waals surface area contributed by atoms with E-state index in [-0.39, 0.29) is 17.8 Å². The van der Waals surface area contributed by atoms with Crippen LogP contribution < -0.4 is 22.6 Å². The molecular weight excluding hydrogens is 308 g/mol. The summed E-state index contributed by atoms with van der Waals surface area (Å²) in [5, 5.41) is 3.64. The number of carbonyl (C=O) groups excluding carboxylic acids is 1. The Balaban J connectivity index is 0.00000135. The van der Waals surface area contributed by atoms with Crippen LogP contribution in [-0.2, 0) is 10.2 Å². The molecule has 4 atom stereocenters. The summed E-state index contributed by atoms with van der Waals surface area (Å²) in [4.78, 5) is 13.7. The molecule has 0 aromatic heterocycles. The minimum absolute atomic E-state index is 0. The number of quaternary nitrogens is 1. The normalized spacial score (nSPS) is 37.8. The Morgan fingerprint density at radius 2 is 2.17 bits per heavy atom. The molecule has 2 N–H and O–H groups in total. The second-order valence-corrected chi connectivity index (χ2v) is 7.13. The van der Waals surface area contributed by atoms with E-state index in [4.69, 9.17) is 0 Å². The van der Waals surface area contributed by atoms with E-state index in [1.807, 2.05) is 0 Å². The molecule has 1 spiro atoms. The predicted octanol–water partition coefficient (Wildman–Crippen LogP) is -1.56. The molecule has 0 saturated carbocycles. The molecule has 5 rings (SSSR count). The molecule has 4 heteroatoms. The Kier molecular flexibility index (Phi) is 3.23. The average molecular weight is 329 g/mol. The van der Waals surface area contributed by atoms with E-state index in [2.05, 4.69) is 42.6 Å². The minimum atomic E-state index is 0. The van der Waals surface area contributed by atoms with E-state index in [0.717, 1.165) is 31.2 Å². The molecule has 3 aliphatic heterocycles. The summed E-state index contributed by atoms with van der Waals surface area (Å²) < 4.78 is 0. The van der Waals surface area contributed by atoms with Crippen molar-refractivity contribution in [3.63, 3.8) is 0 Å². The van der Waals surface area contributed by atoms with Gasteiger partial charge in [-0.2, -0.15) is 0 Å². The van der Waals surface area contributed by atoms with Gasteiger partial charge in [-0.05, 0) is 24.1 Å². The fourth-order valence-corrected chi connectivity index (χ4v) is 5.67. The zero-order chi connectivity index (χ0) is 14.9. The summed E-state index contributed by atoms with van der Waals surface area (Å²) in [5.74, 6) is 0.333. The van der Waals surface area contributed by atoms with Crippen molar-refractivity contribution in [1.82, 2.24) is 0 Å². The number of aldehydes is 1. The van der Waals surface area contributed by atoms with Crippen LogP contribution in [0.1, 0.15) is 25.3 Å². The van der Waals surface area contributed by atoms with Crippen molar-refractivity contribution in [2.45, 2.75) is 31.2 Å². The van der Waals surface area contributed by atoms with Crippen LogP contribution in [0.25, 0.3) is 0 Å². The summed E-state index contributed by atoms with van der Waals surface area (Å²) in [6.45, 7) is 4.44. The molecule has 3 nitrogen and oxygen atoms in total. The molecule has 4 aliphatic rings. The first kappa shape index (κ1) is 15.0. The minimum Gasteiger partial charge on any atom is -1.00 e. The van der Waals surface area contributed by atoms with Crippen molar-refractivity contribution in [1.29, 1.82) is 0 Å². The van der Waals surface area contributed by atoms with Crippen molar-refractivity contribution < 1.29 is 22.1 Å². The number of nitrogens with one attached hydrogen (secondary N) is 2. The van der Waals surface area contributed by atoms with Gasteiger partial charge >= 0.3 is 0 Å². The lowest BCUT2D eigenvalue weighted by molar-refractivity contribution is -0.914. The van der Waals surface area contributed by atoms with Gasteiger partial charge in [-0.15, -0.1) is 0 Å². The number of carbonyl (C=O) groups is 1. The van der Waals surface area contributed by atoms with Gasteiger partial charge in [-0.1, -0.05) is 24.3 Å². The summed E-state index contributed by atoms with van der Waals surface area (Å²) in [7, 11) is 0. The molecule has 0 amide bonds. The van der Waals surface area contributed by atoms with Crippen molar-refractivity contribution in [3.05, 3.63) is 52.7 Å². The quantitative estimate of drug-likeness (QED) is 0.483. The van der Waals surface area contributed by atoms with E-state index in [9.17, 15) is 4.79 Å². The Morgan fingerprint density at radius 3 is 2.96 bits per heavy atom. The van der Waals surface area contributed by atoms with Crippen LogP contribution in [0.4, 0.5) is 5.69 Å². The molecule has 23 heavy (non-hydrogen) atoms. The van der Waals surface area contributed by atoms with Gasteiger partial charge in [0.25, 0.3) is 0 Å². The van der Waals surface area contributed by atoms with Gasteiger partial charge in [0.15, 0.2) is 0 Å². The Labute approximate surface area is 142 Å². The van der Waals surface area contributed by atoms with Gasteiger partial charge in [-0.3, -0.25) is 4.79 Å². The Bertz CT molecular complexity index is 753. The van der Waals surface area contributed by atoms with Crippen molar-refractivity contribution >= 4 is 12.0 Å². The number of piperidine rings is 1. The number of rotatable bonds is 1. The molecular formula is C19H21ClN2O. The first-order chi connectivity index (χ1) is 10.8. The van der Waals surface area contributed by atoms with E-state index in [1.165, 1.54) is 29.1 Å². The van der Waals surface area contributed by atoms with Crippen LogP contribution in [0, 0.1) is 5.92 Å². The van der Waals surface area contributed by atoms with Crippen LogP contribution in [0.2, 0.25) is 0 Å². The second kappa shape index (κ2) is 4.96. The lowest BCUT2D eigenvalue weighted by Gasteiger charge is -2.45. The summed E-state index contributed by atoms with van der Waals surface area (Å²) in [5.41, 5.74) is 6.40. The maximum atomic E-state index is 12.0. The average Bonchev–Trinajstić information content (AvgIpc) is 3.11. The highest BCUT2D eigenvalue weighted by molar-refractivity contribution is 5.84. The Morgan fingerprint density at radius 1 is 1.35 bits per heavy atom. The highest BCUT2D eigenvalue weighted by Crippen LogP contribution is 2.56. The largest absolute Gasteiger partial charge is 1.00 e. The standard InChI is InChI=1S/C19H20N2O.ClH/c1-2-12-10-21-8-7-19-15-5-3-4-6-16(15)20-18(19)14(11-22)13(12)9-17(19)21;/h2-6,11,13,17,20H,7-10H2,1H3;1H/b12-2-;/t13-,17-,19?;/m0./s1. The summed E-state index contributed by atoms with van der Waals surface area (Å²) >= 11 is 0. The SMILES string of the molecule is C/C=C1/C[NH+]2CCC34C(=C(C=O)[C@H]1C[C@H]23)Nc1ccccc14.[Cl-]. The van der Waals surface area contributed by atoms with Gasteiger partial charge in [0.05, 0.1) is 18.5 Å². The van der Waals surface area contributed by atoms with Crippen molar-refractivity contribution in [2.75, 3.05) is 18.4 Å². The molecule has 1 aromatic carbocycles. The number of benzene rings is 1. The van der Waals surface area contributed by atoms with Gasteiger partial charge in [0, 0.05) is 35.7 Å². The number of hydrogen-bond acceptors (Lipinski definition) is 2. The lowest BCUT2D eigenvalue weighted by Crippen LogP contribution is -3.16. The van der Waals surface area contributed by atoms with Crippen LogP contribution in [0.3, 0.4) is 0 Å². The molecule has 1 aromatic rings. The summed E-state index contributed by atoms with van der Waals surface area (Å²) in [6.07, 6.45) is 5.66. The first-order valence-corrected chi connectivity index (χ1v) is 8.35. The van der Waals surface area contributed by atoms with Crippen LogP contribution in [0.5, 0.6) is 0 Å². The molecule has 1 aliphatic carbocycles. The molecule has 2 saturated heterocycles. The third-order valence-corrected chi connectivity index (χ3v) is 6.55. The number of hydrogen-bond donors (Lipinski definition) is 2. The number of anilines is 1. The topological polar surface area (TPSA) is 33.5 Å². The highest BCUT2D eigenvalue weighted by atomic mass is 35.5. The second-order valence-electron chi connectivity index (χ2n) is 7.13.